The smallest absolute Gasteiger partial charge is 0.331 e. The minimum absolute atomic E-state index is 0.0772. The summed E-state index contributed by atoms with van der Waals surface area (Å²) in [4.78, 5) is 16.1. The van der Waals surface area contributed by atoms with Crippen molar-refractivity contribution in [2.75, 3.05) is 64.4 Å². The van der Waals surface area contributed by atoms with E-state index in [0.717, 1.165) is 50.5 Å². The second-order valence-electron chi connectivity index (χ2n) is 8.54. The SMILES string of the molecule is COCCN1CCN(c2ccc(-c3ccc(S(=O)(=O)N4CC=C(C(=O)O)CC4)cc3)cc2)CC1. The van der Waals surface area contributed by atoms with Crippen molar-refractivity contribution in [3.05, 3.63) is 60.2 Å². The van der Waals surface area contributed by atoms with Crippen LogP contribution in [-0.2, 0) is 19.6 Å². The first-order valence-electron chi connectivity index (χ1n) is 11.5. The maximum Gasteiger partial charge on any atom is 0.331 e. The van der Waals surface area contributed by atoms with Gasteiger partial charge in [-0.3, -0.25) is 4.90 Å². The van der Waals surface area contributed by atoms with Crippen molar-refractivity contribution in [2.24, 2.45) is 0 Å². The molecule has 0 atom stereocenters. The largest absolute Gasteiger partial charge is 0.478 e. The highest BCUT2D eigenvalue weighted by Crippen LogP contribution is 2.27. The lowest BCUT2D eigenvalue weighted by Gasteiger charge is -2.36. The van der Waals surface area contributed by atoms with Gasteiger partial charge in [0.05, 0.1) is 11.5 Å². The number of carboxylic acid groups (broad SMARTS) is 1. The monoisotopic (exact) mass is 485 g/mol. The molecule has 1 N–H and O–H groups in total. The summed E-state index contributed by atoms with van der Waals surface area (Å²) in [5, 5.41) is 9.07. The fourth-order valence-corrected chi connectivity index (χ4v) is 5.73. The molecule has 1 fully saturated rings. The van der Waals surface area contributed by atoms with Gasteiger partial charge in [0.1, 0.15) is 0 Å². The third kappa shape index (κ3) is 5.50. The molecular weight excluding hydrogens is 454 g/mol. The fraction of sp³-hybridized carbons (Fsp3) is 0.400. The molecule has 182 valence electrons. The zero-order valence-electron chi connectivity index (χ0n) is 19.4. The minimum Gasteiger partial charge on any atom is -0.478 e. The molecule has 1 saturated heterocycles. The molecule has 2 aromatic rings. The van der Waals surface area contributed by atoms with Crippen molar-refractivity contribution in [1.82, 2.24) is 9.21 Å². The van der Waals surface area contributed by atoms with Crippen molar-refractivity contribution < 1.29 is 23.1 Å². The summed E-state index contributed by atoms with van der Waals surface area (Å²) in [5.41, 5.74) is 3.42. The minimum atomic E-state index is -3.66. The molecule has 0 radical (unpaired) electrons. The normalized spacial score (nSPS) is 18.0. The molecule has 4 rings (SSSR count). The Balaban J connectivity index is 1.39. The lowest BCUT2D eigenvalue weighted by atomic mass is 10.1. The first-order chi connectivity index (χ1) is 16.4. The van der Waals surface area contributed by atoms with Crippen LogP contribution in [0.4, 0.5) is 5.69 Å². The van der Waals surface area contributed by atoms with Gasteiger partial charge in [0.2, 0.25) is 10.0 Å². The van der Waals surface area contributed by atoms with Crippen molar-refractivity contribution in [3.8, 4) is 11.1 Å². The Bertz CT molecular complexity index is 1120. The van der Waals surface area contributed by atoms with Crippen LogP contribution >= 0.6 is 0 Å². The number of benzene rings is 2. The van der Waals surface area contributed by atoms with Gasteiger partial charge in [0.25, 0.3) is 0 Å². The van der Waals surface area contributed by atoms with Gasteiger partial charge < -0.3 is 14.7 Å². The number of nitrogens with zero attached hydrogens (tertiary/aromatic N) is 3. The van der Waals surface area contributed by atoms with Crippen LogP contribution in [0.1, 0.15) is 6.42 Å². The number of rotatable bonds is 8. The number of carboxylic acids is 1. The third-order valence-corrected chi connectivity index (χ3v) is 8.37. The maximum atomic E-state index is 12.9. The Kier molecular flexibility index (Phi) is 7.67. The lowest BCUT2D eigenvalue weighted by Crippen LogP contribution is -2.47. The van der Waals surface area contributed by atoms with Crippen LogP contribution in [0.15, 0.2) is 65.1 Å². The summed E-state index contributed by atoms with van der Waals surface area (Å²) in [6.45, 7) is 5.97. The van der Waals surface area contributed by atoms with E-state index in [4.69, 9.17) is 9.84 Å². The summed E-state index contributed by atoms with van der Waals surface area (Å²) in [6, 6.07) is 15.2. The van der Waals surface area contributed by atoms with Crippen LogP contribution in [0, 0.1) is 0 Å². The Hall–Kier alpha value is -2.72. The average molecular weight is 486 g/mol. The number of methoxy groups -OCH3 is 1. The number of ether oxygens (including phenoxy) is 1. The van der Waals surface area contributed by atoms with Crippen molar-refractivity contribution >= 4 is 21.7 Å². The molecule has 8 nitrogen and oxygen atoms in total. The van der Waals surface area contributed by atoms with Crippen LogP contribution in [0.2, 0.25) is 0 Å². The zero-order valence-corrected chi connectivity index (χ0v) is 20.2. The molecule has 2 aliphatic rings. The second kappa shape index (κ2) is 10.7. The van der Waals surface area contributed by atoms with E-state index < -0.39 is 16.0 Å². The summed E-state index contributed by atoms with van der Waals surface area (Å²) in [6.07, 6.45) is 1.68. The molecule has 2 aliphatic heterocycles. The number of hydrogen-bond acceptors (Lipinski definition) is 6. The van der Waals surface area contributed by atoms with E-state index in [2.05, 4.69) is 34.1 Å². The number of carbonyl (C=O) groups is 1. The average Bonchev–Trinajstić information content (AvgIpc) is 2.88. The van der Waals surface area contributed by atoms with E-state index in [0.29, 0.717) is 0 Å². The topological polar surface area (TPSA) is 90.4 Å². The quantitative estimate of drug-likeness (QED) is 0.615. The second-order valence-corrected chi connectivity index (χ2v) is 10.5. The first-order valence-corrected chi connectivity index (χ1v) is 12.9. The Morgan fingerprint density at radius 2 is 1.56 bits per heavy atom. The number of anilines is 1. The van der Waals surface area contributed by atoms with Gasteiger partial charge in [-0.1, -0.05) is 30.3 Å². The number of piperazine rings is 1. The van der Waals surface area contributed by atoms with Crippen molar-refractivity contribution in [2.45, 2.75) is 11.3 Å². The molecule has 2 heterocycles. The van der Waals surface area contributed by atoms with Gasteiger partial charge in [0, 0.05) is 64.2 Å². The highest BCUT2D eigenvalue weighted by molar-refractivity contribution is 7.89. The van der Waals surface area contributed by atoms with Gasteiger partial charge >= 0.3 is 5.97 Å². The molecule has 0 unspecified atom stereocenters. The summed E-state index contributed by atoms with van der Waals surface area (Å²) >= 11 is 0. The molecule has 0 amide bonds. The summed E-state index contributed by atoms with van der Waals surface area (Å²) in [7, 11) is -1.93. The highest BCUT2D eigenvalue weighted by Gasteiger charge is 2.27. The fourth-order valence-electron chi connectivity index (χ4n) is 4.35. The summed E-state index contributed by atoms with van der Waals surface area (Å²) in [5.74, 6) is -0.989. The molecule has 0 aromatic heterocycles. The van der Waals surface area contributed by atoms with Gasteiger partial charge in [-0.15, -0.1) is 0 Å². The lowest BCUT2D eigenvalue weighted by molar-refractivity contribution is -0.132. The van der Waals surface area contributed by atoms with Crippen molar-refractivity contribution in [3.63, 3.8) is 0 Å². The predicted octanol–water partition coefficient (Wildman–Crippen LogP) is 2.53. The Morgan fingerprint density at radius 1 is 0.941 bits per heavy atom. The molecule has 0 saturated carbocycles. The van der Waals surface area contributed by atoms with Crippen molar-refractivity contribution in [1.29, 1.82) is 0 Å². The maximum absolute atomic E-state index is 12.9. The molecule has 9 heteroatoms. The van der Waals surface area contributed by atoms with Gasteiger partial charge in [-0.25, -0.2) is 13.2 Å². The molecule has 0 spiro atoms. The molecule has 2 aromatic carbocycles. The van der Waals surface area contributed by atoms with Crippen LogP contribution in [-0.4, -0.2) is 88.2 Å². The highest BCUT2D eigenvalue weighted by atomic mass is 32.2. The number of sulfonamides is 1. The van der Waals surface area contributed by atoms with Gasteiger partial charge in [-0.05, 0) is 41.8 Å². The molecule has 0 aliphatic carbocycles. The molecule has 0 bridgehead atoms. The zero-order chi connectivity index (χ0) is 24.1. The van der Waals surface area contributed by atoms with Crippen LogP contribution in [0.25, 0.3) is 11.1 Å². The van der Waals surface area contributed by atoms with E-state index in [1.165, 1.54) is 16.1 Å². The van der Waals surface area contributed by atoms with E-state index in [1.807, 2.05) is 12.1 Å². The first kappa shape index (κ1) is 24.4. The number of hydrogen-bond donors (Lipinski definition) is 1. The Labute approximate surface area is 201 Å². The van der Waals surface area contributed by atoms with Crippen LogP contribution < -0.4 is 4.90 Å². The van der Waals surface area contributed by atoms with E-state index in [-0.39, 0.29) is 30.0 Å². The van der Waals surface area contributed by atoms with Crippen LogP contribution in [0.5, 0.6) is 0 Å². The summed E-state index contributed by atoms with van der Waals surface area (Å²) < 4.78 is 32.4. The van der Waals surface area contributed by atoms with E-state index >= 15 is 0 Å². The molecular formula is C25H31N3O5S. The van der Waals surface area contributed by atoms with E-state index in [1.54, 1.807) is 19.2 Å². The standard InChI is InChI=1S/C25H31N3O5S/c1-33-19-18-26-14-16-27(17-15-26)23-6-2-20(3-7-23)21-4-8-24(9-5-21)34(31,32)28-12-10-22(11-13-28)25(29)30/h2-10H,11-19H2,1H3,(H,29,30). The van der Waals surface area contributed by atoms with Gasteiger partial charge in [-0.2, -0.15) is 4.31 Å². The predicted molar refractivity (Wildman–Crippen MR) is 132 cm³/mol. The third-order valence-electron chi connectivity index (χ3n) is 6.49. The van der Waals surface area contributed by atoms with Crippen LogP contribution in [0.3, 0.4) is 0 Å². The number of aliphatic carboxylic acids is 1. The van der Waals surface area contributed by atoms with E-state index in [9.17, 15) is 13.2 Å². The Morgan fingerprint density at radius 3 is 2.09 bits per heavy atom. The molecule has 34 heavy (non-hydrogen) atoms. The van der Waals surface area contributed by atoms with Gasteiger partial charge in [0.15, 0.2) is 0 Å².